The second-order valence-corrected chi connectivity index (χ2v) is 8.36. The Labute approximate surface area is 199 Å². The van der Waals surface area contributed by atoms with Crippen LogP contribution in [0, 0.1) is 0 Å². The monoisotopic (exact) mass is 452 g/mol. The molecule has 1 heterocycles. The molecule has 0 aromatic heterocycles. The number of ether oxygens (including phenoxy) is 2. The molecule has 1 N–H and O–H groups in total. The predicted molar refractivity (Wildman–Crippen MR) is 137 cm³/mol. The average Bonchev–Trinajstić information content (AvgIpc) is 2.91. The molecular formula is C29H28N2O3. The lowest BCUT2D eigenvalue weighted by molar-refractivity contribution is 0.0323. The molecule has 5 heteroatoms. The molecule has 0 atom stereocenters. The van der Waals surface area contributed by atoms with Crippen molar-refractivity contribution in [1.82, 2.24) is 4.90 Å². The Morgan fingerprint density at radius 3 is 2.38 bits per heavy atom. The number of nitrogens with zero attached hydrogens (tertiary/aromatic N) is 1. The molecule has 172 valence electrons. The van der Waals surface area contributed by atoms with Gasteiger partial charge in [-0.1, -0.05) is 66.7 Å². The number of nitrogens with one attached hydrogen (secondary N) is 1. The molecule has 0 spiro atoms. The van der Waals surface area contributed by atoms with Gasteiger partial charge in [-0.3, -0.25) is 9.69 Å². The molecule has 0 bridgehead atoms. The lowest BCUT2D eigenvalue weighted by atomic mass is 10.0. The standard InChI is InChI=1S/C29H28N2O3/c32-29(24-10-6-9-23(21-24)22-7-2-1-3-8-22)30-27-13-14-28(26-12-5-4-11-25(26)27)34-20-17-31-15-18-33-19-16-31/h1-14,21H,15-20H2,(H,30,32). The van der Waals surface area contributed by atoms with Gasteiger partial charge in [-0.05, 0) is 35.4 Å². The zero-order chi connectivity index (χ0) is 23.2. The van der Waals surface area contributed by atoms with E-state index in [9.17, 15) is 4.79 Å². The first-order valence-electron chi connectivity index (χ1n) is 11.7. The average molecular weight is 453 g/mol. The van der Waals surface area contributed by atoms with Gasteiger partial charge < -0.3 is 14.8 Å². The molecule has 5 rings (SSSR count). The third-order valence-electron chi connectivity index (χ3n) is 6.13. The quantitative estimate of drug-likeness (QED) is 0.404. The van der Waals surface area contributed by atoms with Crippen LogP contribution in [-0.4, -0.2) is 50.3 Å². The second-order valence-electron chi connectivity index (χ2n) is 8.36. The number of hydrogen-bond donors (Lipinski definition) is 1. The number of carbonyl (C=O) groups is 1. The van der Waals surface area contributed by atoms with Crippen LogP contribution >= 0.6 is 0 Å². The first-order valence-corrected chi connectivity index (χ1v) is 11.7. The molecular weight excluding hydrogens is 424 g/mol. The van der Waals surface area contributed by atoms with Crippen molar-refractivity contribution in [3.8, 4) is 16.9 Å². The highest BCUT2D eigenvalue weighted by Crippen LogP contribution is 2.32. The number of hydrogen-bond acceptors (Lipinski definition) is 4. The number of fused-ring (bicyclic) bond motifs is 1. The normalized spacial score (nSPS) is 14.1. The Hall–Kier alpha value is -3.67. The minimum atomic E-state index is -0.135. The fourth-order valence-corrected chi connectivity index (χ4v) is 4.28. The van der Waals surface area contributed by atoms with E-state index in [1.807, 2.05) is 91.0 Å². The van der Waals surface area contributed by atoms with Crippen molar-refractivity contribution in [1.29, 1.82) is 0 Å². The van der Waals surface area contributed by atoms with Crippen molar-refractivity contribution in [3.05, 3.63) is 96.6 Å². The molecule has 1 aliphatic heterocycles. The fourth-order valence-electron chi connectivity index (χ4n) is 4.28. The van der Waals surface area contributed by atoms with Crippen LogP contribution in [0.2, 0.25) is 0 Å². The minimum absolute atomic E-state index is 0.135. The van der Waals surface area contributed by atoms with Gasteiger partial charge in [0.05, 0.1) is 13.2 Å². The number of anilines is 1. The van der Waals surface area contributed by atoms with Crippen molar-refractivity contribution in [2.24, 2.45) is 0 Å². The van der Waals surface area contributed by atoms with E-state index in [0.717, 1.165) is 66.2 Å². The highest BCUT2D eigenvalue weighted by Gasteiger charge is 2.13. The number of morpholine rings is 1. The van der Waals surface area contributed by atoms with Crippen LogP contribution in [-0.2, 0) is 4.74 Å². The van der Waals surface area contributed by atoms with Gasteiger partial charge in [-0.2, -0.15) is 0 Å². The van der Waals surface area contributed by atoms with Gasteiger partial charge in [-0.25, -0.2) is 0 Å². The van der Waals surface area contributed by atoms with Gasteiger partial charge >= 0.3 is 0 Å². The van der Waals surface area contributed by atoms with Crippen LogP contribution in [0.3, 0.4) is 0 Å². The number of rotatable bonds is 7. The van der Waals surface area contributed by atoms with Gasteiger partial charge in [0.15, 0.2) is 0 Å². The summed E-state index contributed by atoms with van der Waals surface area (Å²) in [6.07, 6.45) is 0. The molecule has 0 unspecified atom stereocenters. The van der Waals surface area contributed by atoms with Crippen LogP contribution < -0.4 is 10.1 Å². The zero-order valence-electron chi connectivity index (χ0n) is 19.1. The molecule has 4 aromatic carbocycles. The highest BCUT2D eigenvalue weighted by atomic mass is 16.5. The van der Waals surface area contributed by atoms with Gasteiger partial charge in [0, 0.05) is 41.7 Å². The summed E-state index contributed by atoms with van der Waals surface area (Å²) >= 11 is 0. The second kappa shape index (κ2) is 10.5. The maximum Gasteiger partial charge on any atom is 0.255 e. The summed E-state index contributed by atoms with van der Waals surface area (Å²) in [5, 5.41) is 5.04. The number of benzene rings is 4. The Kier molecular flexibility index (Phi) is 6.84. The minimum Gasteiger partial charge on any atom is -0.492 e. The van der Waals surface area contributed by atoms with Crippen LogP contribution in [0.1, 0.15) is 10.4 Å². The summed E-state index contributed by atoms with van der Waals surface area (Å²) in [5.74, 6) is 0.692. The summed E-state index contributed by atoms with van der Waals surface area (Å²) in [5.41, 5.74) is 3.49. The number of carbonyl (C=O) groups excluding carboxylic acids is 1. The fraction of sp³-hybridized carbons (Fsp3) is 0.207. The Bertz CT molecular complexity index is 1270. The highest BCUT2D eigenvalue weighted by molar-refractivity contribution is 6.10. The van der Waals surface area contributed by atoms with E-state index in [-0.39, 0.29) is 5.91 Å². The Morgan fingerprint density at radius 1 is 0.824 bits per heavy atom. The van der Waals surface area contributed by atoms with Crippen molar-refractivity contribution >= 4 is 22.4 Å². The van der Waals surface area contributed by atoms with Crippen molar-refractivity contribution in [3.63, 3.8) is 0 Å². The molecule has 0 aliphatic carbocycles. The van der Waals surface area contributed by atoms with Crippen LogP contribution in [0.25, 0.3) is 21.9 Å². The van der Waals surface area contributed by atoms with Gasteiger partial charge in [0.2, 0.25) is 0 Å². The maximum atomic E-state index is 13.1. The van der Waals surface area contributed by atoms with E-state index in [1.165, 1.54) is 0 Å². The summed E-state index contributed by atoms with van der Waals surface area (Å²) in [4.78, 5) is 15.5. The van der Waals surface area contributed by atoms with Crippen LogP contribution in [0.15, 0.2) is 91.0 Å². The van der Waals surface area contributed by atoms with E-state index < -0.39 is 0 Å². The maximum absolute atomic E-state index is 13.1. The van der Waals surface area contributed by atoms with E-state index in [4.69, 9.17) is 9.47 Å². The molecule has 0 radical (unpaired) electrons. The smallest absolute Gasteiger partial charge is 0.255 e. The summed E-state index contributed by atoms with van der Waals surface area (Å²) < 4.78 is 11.5. The lowest BCUT2D eigenvalue weighted by Crippen LogP contribution is -2.38. The zero-order valence-corrected chi connectivity index (χ0v) is 19.1. The number of amides is 1. The topological polar surface area (TPSA) is 50.8 Å². The van der Waals surface area contributed by atoms with E-state index in [1.54, 1.807) is 0 Å². The molecule has 5 nitrogen and oxygen atoms in total. The first-order chi connectivity index (χ1) is 16.8. The van der Waals surface area contributed by atoms with Gasteiger partial charge in [0.25, 0.3) is 5.91 Å². The van der Waals surface area contributed by atoms with E-state index in [0.29, 0.717) is 12.2 Å². The van der Waals surface area contributed by atoms with Gasteiger partial charge in [-0.15, -0.1) is 0 Å². The van der Waals surface area contributed by atoms with Crippen LogP contribution in [0.4, 0.5) is 5.69 Å². The SMILES string of the molecule is O=C(Nc1ccc(OCCN2CCOCC2)c2ccccc12)c1cccc(-c2ccccc2)c1. The van der Waals surface area contributed by atoms with Gasteiger partial charge in [0.1, 0.15) is 12.4 Å². The van der Waals surface area contributed by atoms with Crippen molar-refractivity contribution in [2.75, 3.05) is 44.8 Å². The Morgan fingerprint density at radius 2 is 1.56 bits per heavy atom. The predicted octanol–water partition coefficient (Wildman–Crippen LogP) is 5.47. The molecule has 1 aliphatic rings. The first kappa shape index (κ1) is 22.1. The third kappa shape index (κ3) is 5.11. The summed E-state index contributed by atoms with van der Waals surface area (Å²) in [6.45, 7) is 4.94. The van der Waals surface area contributed by atoms with Crippen molar-refractivity contribution < 1.29 is 14.3 Å². The largest absolute Gasteiger partial charge is 0.492 e. The Balaban J connectivity index is 1.32. The molecule has 4 aromatic rings. The summed E-state index contributed by atoms with van der Waals surface area (Å²) in [7, 11) is 0. The third-order valence-corrected chi connectivity index (χ3v) is 6.13. The van der Waals surface area contributed by atoms with E-state index >= 15 is 0 Å². The molecule has 1 amide bonds. The van der Waals surface area contributed by atoms with E-state index in [2.05, 4.69) is 10.2 Å². The molecule has 0 saturated carbocycles. The summed E-state index contributed by atoms with van der Waals surface area (Å²) in [6, 6.07) is 29.7. The molecule has 1 fully saturated rings. The molecule has 34 heavy (non-hydrogen) atoms. The molecule has 1 saturated heterocycles. The lowest BCUT2D eigenvalue weighted by Gasteiger charge is -2.26. The van der Waals surface area contributed by atoms with Crippen LogP contribution in [0.5, 0.6) is 5.75 Å². The van der Waals surface area contributed by atoms with Crippen molar-refractivity contribution in [2.45, 2.75) is 0 Å².